The molecule has 1 N–H and O–H groups in total. The van der Waals surface area contributed by atoms with E-state index >= 15 is 0 Å². The smallest absolute Gasteiger partial charge is 0.248 e. The summed E-state index contributed by atoms with van der Waals surface area (Å²) in [7, 11) is 0. The molecule has 0 radical (unpaired) electrons. The quantitative estimate of drug-likeness (QED) is 0.839. The number of hydrogen-bond donors (Lipinski definition) is 1. The Bertz CT molecular complexity index is 465. The third-order valence-electron chi connectivity index (χ3n) is 6.33. The predicted molar refractivity (Wildman–Crippen MR) is 77.0 cm³/mol. The van der Waals surface area contributed by atoms with E-state index in [9.17, 15) is 9.59 Å². The second kappa shape index (κ2) is 3.77. The van der Waals surface area contributed by atoms with E-state index in [1.165, 1.54) is 0 Å². The van der Waals surface area contributed by atoms with E-state index in [1.54, 1.807) is 0 Å². The van der Waals surface area contributed by atoms with E-state index < -0.39 is 5.54 Å². The lowest BCUT2D eigenvalue weighted by molar-refractivity contribution is -0.140. The Balaban J connectivity index is 1.92. The topological polar surface area (TPSA) is 49.4 Å². The molecule has 1 aliphatic heterocycles. The third kappa shape index (κ3) is 1.66. The minimum Gasteiger partial charge on any atom is -0.342 e. The van der Waals surface area contributed by atoms with Crippen molar-refractivity contribution in [2.45, 2.75) is 65.5 Å². The summed E-state index contributed by atoms with van der Waals surface area (Å²) in [5.74, 6) is 0.477. The molecule has 4 heteroatoms. The van der Waals surface area contributed by atoms with Crippen molar-refractivity contribution in [3.05, 3.63) is 0 Å². The summed E-state index contributed by atoms with van der Waals surface area (Å²) in [5.41, 5.74) is -0.427. The Hall–Kier alpha value is -1.06. The lowest BCUT2D eigenvalue weighted by atomic mass is 9.93. The fraction of sp³-hybridized carbons (Fsp3) is 0.875. The van der Waals surface area contributed by atoms with Gasteiger partial charge in [0, 0.05) is 19.0 Å². The highest BCUT2D eigenvalue weighted by atomic mass is 16.2. The molecule has 1 heterocycles. The maximum absolute atomic E-state index is 13.1. The molecule has 4 nitrogen and oxygen atoms in total. The van der Waals surface area contributed by atoms with Crippen LogP contribution in [0.1, 0.15) is 53.9 Å². The Morgan fingerprint density at radius 1 is 1.05 bits per heavy atom. The lowest BCUT2D eigenvalue weighted by Crippen LogP contribution is -2.57. The van der Waals surface area contributed by atoms with Crippen molar-refractivity contribution < 1.29 is 9.59 Å². The highest BCUT2D eigenvalue weighted by Gasteiger charge is 2.69. The van der Waals surface area contributed by atoms with Crippen LogP contribution in [-0.2, 0) is 9.59 Å². The summed E-state index contributed by atoms with van der Waals surface area (Å²) in [4.78, 5) is 27.1. The number of nitrogens with zero attached hydrogens (tertiary/aromatic N) is 1. The summed E-state index contributed by atoms with van der Waals surface area (Å²) >= 11 is 0. The van der Waals surface area contributed by atoms with Gasteiger partial charge in [0.25, 0.3) is 0 Å². The van der Waals surface area contributed by atoms with E-state index in [1.807, 2.05) is 11.8 Å². The van der Waals surface area contributed by atoms with E-state index in [-0.39, 0.29) is 28.7 Å². The van der Waals surface area contributed by atoms with Gasteiger partial charge in [-0.15, -0.1) is 0 Å². The van der Waals surface area contributed by atoms with Gasteiger partial charge in [0.2, 0.25) is 11.8 Å². The highest BCUT2D eigenvalue weighted by molar-refractivity contribution is 5.94. The minimum absolute atomic E-state index is 0.0199. The van der Waals surface area contributed by atoms with Crippen molar-refractivity contribution >= 4 is 11.8 Å². The van der Waals surface area contributed by atoms with E-state index in [4.69, 9.17) is 0 Å². The van der Waals surface area contributed by atoms with Gasteiger partial charge in [-0.1, -0.05) is 27.7 Å². The fourth-order valence-corrected chi connectivity index (χ4v) is 4.15. The van der Waals surface area contributed by atoms with Crippen molar-refractivity contribution in [2.75, 3.05) is 6.54 Å². The minimum atomic E-state index is -0.678. The van der Waals surface area contributed by atoms with Gasteiger partial charge in [-0.05, 0) is 36.5 Å². The summed E-state index contributed by atoms with van der Waals surface area (Å²) in [6.45, 7) is 11.4. The molecule has 2 amide bonds. The van der Waals surface area contributed by atoms with Crippen LogP contribution >= 0.6 is 0 Å². The monoisotopic (exact) mass is 278 g/mol. The molecular formula is C16H26N2O2. The maximum atomic E-state index is 13.1. The van der Waals surface area contributed by atoms with Gasteiger partial charge in [-0.3, -0.25) is 9.59 Å². The van der Waals surface area contributed by atoms with Crippen molar-refractivity contribution in [2.24, 2.45) is 16.7 Å². The van der Waals surface area contributed by atoms with Crippen molar-refractivity contribution in [1.29, 1.82) is 0 Å². The summed E-state index contributed by atoms with van der Waals surface area (Å²) in [6.07, 6.45) is 2.53. The first-order valence-electron chi connectivity index (χ1n) is 7.74. The molecule has 112 valence electrons. The molecular weight excluding hydrogens is 252 g/mol. The van der Waals surface area contributed by atoms with Crippen molar-refractivity contribution in [1.82, 2.24) is 10.2 Å². The predicted octanol–water partition coefficient (Wildman–Crippen LogP) is 1.94. The molecule has 1 saturated heterocycles. The Labute approximate surface area is 121 Å². The molecule has 0 aromatic carbocycles. The highest BCUT2D eigenvalue weighted by Crippen LogP contribution is 2.65. The van der Waals surface area contributed by atoms with Crippen LogP contribution in [0.5, 0.6) is 0 Å². The second-order valence-electron chi connectivity index (χ2n) is 8.12. The zero-order valence-electron chi connectivity index (χ0n) is 13.2. The summed E-state index contributed by atoms with van der Waals surface area (Å²) < 4.78 is 0. The Morgan fingerprint density at radius 3 is 2.05 bits per heavy atom. The van der Waals surface area contributed by atoms with Crippen LogP contribution in [0.15, 0.2) is 0 Å². The number of nitrogens with one attached hydrogen (secondary N) is 1. The molecule has 0 bridgehead atoms. The Morgan fingerprint density at radius 2 is 1.60 bits per heavy atom. The summed E-state index contributed by atoms with van der Waals surface area (Å²) in [6, 6.07) is 0.244. The first-order valence-corrected chi connectivity index (χ1v) is 7.74. The molecule has 0 spiro atoms. The van der Waals surface area contributed by atoms with Gasteiger partial charge in [-0.25, -0.2) is 0 Å². The standard InChI is InChI=1S/C16H26N2O2/c1-14(2)12(15(14,3)4)18-9-8-11(19)17-16(5,13(18)20)10-6-7-10/h10,12H,6-9H2,1-5H3,(H,17,19). The van der Waals surface area contributed by atoms with E-state index in [0.717, 1.165) is 12.8 Å². The van der Waals surface area contributed by atoms with Crippen LogP contribution in [-0.4, -0.2) is 34.8 Å². The Kier molecular flexibility index (Phi) is 2.62. The SMILES string of the molecule is CC1(C2CC2)NC(=O)CCN(C2C(C)(C)C2(C)C)C1=O. The number of carbonyl (C=O) groups excluding carboxylic acids is 2. The van der Waals surface area contributed by atoms with E-state index in [2.05, 4.69) is 33.0 Å². The molecule has 3 aliphatic rings. The van der Waals surface area contributed by atoms with Crippen molar-refractivity contribution in [3.8, 4) is 0 Å². The van der Waals surface area contributed by atoms with Crippen LogP contribution in [0.25, 0.3) is 0 Å². The molecule has 0 aromatic rings. The van der Waals surface area contributed by atoms with Gasteiger partial charge in [0.05, 0.1) is 0 Å². The van der Waals surface area contributed by atoms with Crippen LogP contribution in [0.2, 0.25) is 0 Å². The first-order chi connectivity index (χ1) is 9.12. The average molecular weight is 278 g/mol. The molecule has 1 atom stereocenters. The normalized spacial score (nSPS) is 36.5. The second-order valence-corrected chi connectivity index (χ2v) is 8.12. The van der Waals surface area contributed by atoms with Crippen LogP contribution < -0.4 is 5.32 Å². The van der Waals surface area contributed by atoms with Gasteiger partial charge >= 0.3 is 0 Å². The molecule has 3 rings (SSSR count). The number of hydrogen-bond acceptors (Lipinski definition) is 2. The largest absolute Gasteiger partial charge is 0.342 e. The molecule has 3 fully saturated rings. The van der Waals surface area contributed by atoms with Gasteiger partial charge in [0.15, 0.2) is 0 Å². The first kappa shape index (κ1) is 13.9. The van der Waals surface area contributed by atoms with Crippen molar-refractivity contribution in [3.63, 3.8) is 0 Å². The zero-order chi connectivity index (χ0) is 14.9. The van der Waals surface area contributed by atoms with E-state index in [0.29, 0.717) is 18.9 Å². The molecule has 2 saturated carbocycles. The average Bonchev–Trinajstić information content (AvgIpc) is 3.20. The van der Waals surface area contributed by atoms with Gasteiger partial charge < -0.3 is 10.2 Å². The number of carbonyl (C=O) groups is 2. The molecule has 20 heavy (non-hydrogen) atoms. The zero-order valence-corrected chi connectivity index (χ0v) is 13.2. The maximum Gasteiger partial charge on any atom is 0.248 e. The van der Waals surface area contributed by atoms with Gasteiger partial charge in [-0.2, -0.15) is 0 Å². The molecule has 2 aliphatic carbocycles. The molecule has 0 aromatic heterocycles. The lowest BCUT2D eigenvalue weighted by Gasteiger charge is -2.33. The number of rotatable bonds is 2. The van der Waals surface area contributed by atoms with Gasteiger partial charge in [0.1, 0.15) is 5.54 Å². The fourth-order valence-electron chi connectivity index (χ4n) is 4.15. The van der Waals surface area contributed by atoms with Crippen LogP contribution in [0.3, 0.4) is 0 Å². The molecule has 1 unspecified atom stereocenters. The number of amides is 2. The van der Waals surface area contributed by atoms with Crippen LogP contribution in [0, 0.1) is 16.7 Å². The van der Waals surface area contributed by atoms with Crippen LogP contribution in [0.4, 0.5) is 0 Å². The third-order valence-corrected chi connectivity index (χ3v) is 6.33. The summed E-state index contributed by atoms with van der Waals surface area (Å²) in [5, 5.41) is 3.00.